The summed E-state index contributed by atoms with van der Waals surface area (Å²) in [5.41, 5.74) is 1.87. The largest absolute Gasteiger partial charge is 0.495 e. The molecule has 0 bridgehead atoms. The second kappa shape index (κ2) is 16.0. The summed E-state index contributed by atoms with van der Waals surface area (Å²) >= 11 is 0. The number of nitrogens with zero attached hydrogens (tertiary/aromatic N) is 3. The van der Waals surface area contributed by atoms with Crippen LogP contribution in [0, 0.1) is 11.8 Å². The number of likely N-dealkylation sites (tertiary alicyclic amines) is 1. The number of carbonyl (C=O) groups excluding carboxylic acids is 1. The fourth-order valence-electron chi connectivity index (χ4n) is 5.69. The number of fused-ring (bicyclic) bond motifs is 1. The van der Waals surface area contributed by atoms with E-state index in [1.54, 1.807) is 44.2 Å². The number of hydrogen-bond donors (Lipinski definition) is 2. The number of carbonyl (C=O) groups is 1. The molecule has 0 amide bonds. The van der Waals surface area contributed by atoms with Gasteiger partial charge < -0.3 is 29.0 Å². The molecule has 0 aliphatic carbocycles. The summed E-state index contributed by atoms with van der Waals surface area (Å²) in [6.07, 6.45) is -2.95. The quantitative estimate of drug-likeness (QED) is 0.200. The highest BCUT2D eigenvalue weighted by atomic mass is 32.2. The number of alkyl halides is 3. The highest BCUT2D eigenvalue weighted by molar-refractivity contribution is 7.89. The molecule has 1 atom stereocenters. The van der Waals surface area contributed by atoms with Crippen molar-refractivity contribution in [1.29, 1.82) is 0 Å². The lowest BCUT2D eigenvalue weighted by molar-refractivity contribution is -0.152. The van der Waals surface area contributed by atoms with Gasteiger partial charge in [0.15, 0.2) is 0 Å². The van der Waals surface area contributed by atoms with Crippen LogP contribution in [0.4, 0.5) is 24.5 Å². The molecule has 1 aliphatic heterocycles. The lowest BCUT2D eigenvalue weighted by Crippen LogP contribution is -2.44. The highest BCUT2D eigenvalue weighted by Crippen LogP contribution is 2.32. The zero-order valence-corrected chi connectivity index (χ0v) is 28.3. The molecular weight excluding hydrogens is 651 g/mol. The maximum absolute atomic E-state index is 13.7. The number of halogens is 3. The van der Waals surface area contributed by atoms with Crippen molar-refractivity contribution in [2.45, 2.75) is 55.9 Å². The molecule has 3 N–H and O–H groups in total. The van der Waals surface area contributed by atoms with Gasteiger partial charge in [0.2, 0.25) is 10.0 Å². The number of methoxy groups -OCH3 is 2. The van der Waals surface area contributed by atoms with Crippen molar-refractivity contribution in [3.63, 3.8) is 0 Å². The minimum absolute atomic E-state index is 0.0932. The zero-order valence-electron chi connectivity index (χ0n) is 27.5. The number of aromatic nitrogens is 1. The van der Waals surface area contributed by atoms with Crippen molar-refractivity contribution in [3.8, 4) is 17.6 Å². The molecule has 4 rings (SSSR count). The van der Waals surface area contributed by atoms with Gasteiger partial charge >= 0.3 is 12.1 Å². The third-order valence-electron chi connectivity index (χ3n) is 8.06. The van der Waals surface area contributed by atoms with E-state index in [1.807, 2.05) is 6.07 Å². The van der Waals surface area contributed by atoms with Crippen molar-refractivity contribution in [2.75, 3.05) is 64.3 Å². The number of hydrogen-bond acceptors (Lipinski definition) is 9. The lowest BCUT2D eigenvalue weighted by Gasteiger charge is -2.34. The third-order valence-corrected chi connectivity index (χ3v) is 8.97. The van der Waals surface area contributed by atoms with E-state index in [0.717, 1.165) is 31.6 Å². The zero-order chi connectivity index (χ0) is 35.1. The molecule has 1 aromatic heterocycles. The minimum Gasteiger partial charge on any atom is -0.495 e. The van der Waals surface area contributed by atoms with Gasteiger partial charge in [-0.1, -0.05) is 18.9 Å². The number of esters is 1. The molecule has 3 aromatic rings. The van der Waals surface area contributed by atoms with E-state index < -0.39 is 22.7 Å². The second-order valence-electron chi connectivity index (χ2n) is 11.6. The number of primary sulfonamides is 1. The van der Waals surface area contributed by atoms with Gasteiger partial charge in [-0.25, -0.2) is 13.6 Å². The Morgan fingerprint density at radius 3 is 2.52 bits per heavy atom. The van der Waals surface area contributed by atoms with E-state index in [4.69, 9.17) is 19.3 Å². The van der Waals surface area contributed by atoms with E-state index in [0.29, 0.717) is 36.2 Å². The average molecular weight is 694 g/mol. The number of rotatable bonds is 13. The number of benzene rings is 2. The Hall–Kier alpha value is -3.97. The lowest BCUT2D eigenvalue weighted by atomic mass is 10.0. The van der Waals surface area contributed by atoms with Crippen LogP contribution in [0.25, 0.3) is 10.9 Å². The van der Waals surface area contributed by atoms with Gasteiger partial charge in [-0.2, -0.15) is 13.2 Å². The summed E-state index contributed by atoms with van der Waals surface area (Å²) in [4.78, 5) is 15.6. The minimum atomic E-state index is -4.47. The van der Waals surface area contributed by atoms with Gasteiger partial charge in [0.25, 0.3) is 0 Å². The van der Waals surface area contributed by atoms with Gasteiger partial charge in [-0.3, -0.25) is 9.69 Å². The first-order chi connectivity index (χ1) is 22.7. The Morgan fingerprint density at radius 1 is 1.17 bits per heavy atom. The van der Waals surface area contributed by atoms with Crippen LogP contribution in [-0.4, -0.2) is 96.2 Å². The normalized spacial score (nSPS) is 15.1. The molecule has 262 valence electrons. The van der Waals surface area contributed by atoms with E-state index in [2.05, 4.69) is 22.1 Å². The van der Waals surface area contributed by atoms with Crippen LogP contribution < -0.4 is 20.1 Å². The Bertz CT molecular complexity index is 1740. The number of anilines is 2. The maximum atomic E-state index is 13.7. The topological polar surface area (TPSA) is 128 Å². The van der Waals surface area contributed by atoms with E-state index in [9.17, 15) is 26.4 Å². The maximum Gasteiger partial charge on any atom is 0.406 e. The van der Waals surface area contributed by atoms with Gasteiger partial charge in [-0.15, -0.1) is 0 Å². The Kier molecular flexibility index (Phi) is 12.2. The Balaban J connectivity index is 1.51. The van der Waals surface area contributed by atoms with Crippen molar-refractivity contribution < 1.29 is 40.6 Å². The van der Waals surface area contributed by atoms with Gasteiger partial charge in [0, 0.05) is 63.4 Å². The van der Waals surface area contributed by atoms with Crippen molar-refractivity contribution >= 4 is 38.3 Å². The molecule has 15 heteroatoms. The first kappa shape index (κ1) is 36.9. The van der Waals surface area contributed by atoms with E-state index >= 15 is 0 Å². The molecule has 1 aliphatic rings. The summed E-state index contributed by atoms with van der Waals surface area (Å²) in [7, 11) is 0.726. The standard InChI is InChI=1S/C33H42F3N5O6S/c1-5-32(42)47-25(21-45-3)20-40-16-13-23(14-17-40)38-28-9-6-10-29-27(28)18-24(41(29)22-33(34,35)36)8-7-15-39(2)30-12-11-26(48(37,43)44)19-31(30)46-4/h6,9-12,18-19,23,25,38H,5,13-17,20-22H2,1-4H3,(H2,37,43,44). The van der Waals surface area contributed by atoms with Crippen molar-refractivity contribution in [1.82, 2.24) is 9.47 Å². The number of piperidine rings is 1. The smallest absolute Gasteiger partial charge is 0.406 e. The van der Waals surface area contributed by atoms with Crippen LogP contribution >= 0.6 is 0 Å². The molecule has 48 heavy (non-hydrogen) atoms. The van der Waals surface area contributed by atoms with E-state index in [1.165, 1.54) is 29.9 Å². The molecule has 11 nitrogen and oxygen atoms in total. The first-order valence-electron chi connectivity index (χ1n) is 15.5. The molecule has 1 fully saturated rings. The molecule has 0 saturated carbocycles. The molecule has 1 saturated heterocycles. The second-order valence-corrected chi connectivity index (χ2v) is 13.2. The molecule has 0 spiro atoms. The fraction of sp³-hybridized carbons (Fsp3) is 0.485. The molecule has 1 unspecified atom stereocenters. The van der Waals surface area contributed by atoms with Gasteiger partial charge in [-0.05, 0) is 49.1 Å². The molecule has 2 aromatic carbocycles. The van der Waals surface area contributed by atoms with Crippen LogP contribution in [0.1, 0.15) is 31.9 Å². The highest BCUT2D eigenvalue weighted by Gasteiger charge is 2.30. The number of sulfonamides is 1. The van der Waals surface area contributed by atoms with Gasteiger partial charge in [0.05, 0.1) is 42.1 Å². The first-order valence-corrected chi connectivity index (χ1v) is 17.0. The van der Waals surface area contributed by atoms with Crippen molar-refractivity contribution in [3.05, 3.63) is 48.2 Å². The van der Waals surface area contributed by atoms with Gasteiger partial charge in [0.1, 0.15) is 18.4 Å². The third kappa shape index (κ3) is 9.79. The van der Waals surface area contributed by atoms with Crippen LogP contribution in [0.15, 0.2) is 47.4 Å². The fourth-order valence-corrected chi connectivity index (χ4v) is 6.22. The number of nitrogens with one attached hydrogen (secondary N) is 1. The van der Waals surface area contributed by atoms with Crippen LogP contribution in [0.5, 0.6) is 5.75 Å². The summed E-state index contributed by atoms with van der Waals surface area (Å²) in [6, 6.07) is 11.2. The van der Waals surface area contributed by atoms with E-state index in [-0.39, 0.29) is 41.0 Å². The summed E-state index contributed by atoms with van der Waals surface area (Å²) < 4.78 is 81.9. The molecule has 2 heterocycles. The average Bonchev–Trinajstić information content (AvgIpc) is 3.37. The molecular formula is C33H42F3N5O6S. The summed E-state index contributed by atoms with van der Waals surface area (Å²) in [5.74, 6) is 5.85. The van der Waals surface area contributed by atoms with Crippen LogP contribution in [0.2, 0.25) is 0 Å². The summed E-state index contributed by atoms with van der Waals surface area (Å²) in [6.45, 7) is 3.05. The Labute approximate surface area is 279 Å². The van der Waals surface area contributed by atoms with Crippen LogP contribution in [-0.2, 0) is 30.8 Å². The predicted octanol–water partition coefficient (Wildman–Crippen LogP) is 4.19. The number of nitrogens with two attached hydrogens (primary N) is 1. The Morgan fingerprint density at radius 2 is 1.90 bits per heavy atom. The van der Waals surface area contributed by atoms with Crippen molar-refractivity contribution in [2.24, 2.45) is 5.14 Å². The molecule has 0 radical (unpaired) electrons. The monoisotopic (exact) mass is 693 g/mol. The summed E-state index contributed by atoms with van der Waals surface area (Å²) in [5, 5.41) is 9.40. The predicted molar refractivity (Wildman–Crippen MR) is 178 cm³/mol. The number of ether oxygens (including phenoxy) is 3. The van der Waals surface area contributed by atoms with Crippen LogP contribution in [0.3, 0.4) is 0 Å². The SMILES string of the molecule is CCC(=O)OC(COC)CN1CCC(Nc2cccc3c2cc(C#CCN(C)c2ccc(S(N)(=O)=O)cc2OC)n3CC(F)(F)F)CC1.